The third-order valence-corrected chi connectivity index (χ3v) is 3.06. The van der Waals surface area contributed by atoms with Gasteiger partial charge < -0.3 is 10.5 Å². The van der Waals surface area contributed by atoms with Crippen LogP contribution in [0.5, 0.6) is 0 Å². The Morgan fingerprint density at radius 3 is 2.87 bits per heavy atom. The molecule has 4 heteroatoms. The maximum atomic E-state index is 5.58. The first kappa shape index (κ1) is 12.9. The van der Waals surface area contributed by atoms with Gasteiger partial charge in [0.05, 0.1) is 17.7 Å². The van der Waals surface area contributed by atoms with Crippen molar-refractivity contribution in [2.45, 2.75) is 45.3 Å². The summed E-state index contributed by atoms with van der Waals surface area (Å²) in [7, 11) is 0. The molecule has 2 unspecified atom stereocenters. The Morgan fingerprint density at radius 2 is 2.20 bits per heavy atom. The molecule has 1 heterocycles. The van der Waals surface area contributed by atoms with Crippen LogP contribution in [0.1, 0.15) is 33.1 Å². The topological polar surface area (TPSA) is 38.5 Å². The van der Waals surface area contributed by atoms with E-state index in [1.165, 1.54) is 6.42 Å². The Labute approximate surface area is 98.0 Å². The quantitative estimate of drug-likeness (QED) is 0.574. The summed E-state index contributed by atoms with van der Waals surface area (Å²) < 4.78 is 5.58. The van der Waals surface area contributed by atoms with E-state index in [1.54, 1.807) is 0 Å². The zero-order valence-corrected chi connectivity index (χ0v) is 10.6. The van der Waals surface area contributed by atoms with Crippen molar-refractivity contribution in [3.8, 4) is 0 Å². The fraction of sp³-hybridized carbons (Fsp3) is 0.909. The molecule has 0 aliphatic carbocycles. The van der Waals surface area contributed by atoms with Crippen molar-refractivity contribution < 1.29 is 4.74 Å². The summed E-state index contributed by atoms with van der Waals surface area (Å²) in [5.74, 6) is 0. The molecular formula is C11H22N2OS. The van der Waals surface area contributed by atoms with Crippen molar-refractivity contribution in [1.82, 2.24) is 4.90 Å². The average Bonchev–Trinajstić information content (AvgIpc) is 2.17. The summed E-state index contributed by atoms with van der Waals surface area (Å²) in [4.78, 5) is 3.13. The summed E-state index contributed by atoms with van der Waals surface area (Å²) in [6.07, 6.45) is 3.53. The van der Waals surface area contributed by atoms with Gasteiger partial charge in [0.15, 0.2) is 0 Å². The highest BCUT2D eigenvalue weighted by atomic mass is 32.1. The SMILES string of the molecule is CC1CN(CCCCC(N)=S)C(C)CO1. The van der Waals surface area contributed by atoms with Gasteiger partial charge in [-0.2, -0.15) is 0 Å². The Bertz CT molecular complexity index is 211. The first-order valence-electron chi connectivity index (χ1n) is 5.73. The molecule has 1 rings (SSSR count). The van der Waals surface area contributed by atoms with Gasteiger partial charge in [0.25, 0.3) is 0 Å². The normalized spacial score (nSPS) is 27.9. The highest BCUT2D eigenvalue weighted by molar-refractivity contribution is 7.80. The van der Waals surface area contributed by atoms with Crippen LogP contribution in [-0.4, -0.2) is 41.7 Å². The maximum absolute atomic E-state index is 5.58. The van der Waals surface area contributed by atoms with Crippen molar-refractivity contribution in [2.75, 3.05) is 19.7 Å². The average molecular weight is 230 g/mol. The molecular weight excluding hydrogens is 208 g/mol. The fourth-order valence-electron chi connectivity index (χ4n) is 1.90. The monoisotopic (exact) mass is 230 g/mol. The van der Waals surface area contributed by atoms with Gasteiger partial charge in [0, 0.05) is 12.6 Å². The van der Waals surface area contributed by atoms with Crippen molar-refractivity contribution in [1.29, 1.82) is 0 Å². The van der Waals surface area contributed by atoms with Crippen LogP contribution in [0.4, 0.5) is 0 Å². The van der Waals surface area contributed by atoms with Crippen LogP contribution in [0, 0.1) is 0 Å². The van der Waals surface area contributed by atoms with E-state index < -0.39 is 0 Å². The Balaban J connectivity index is 2.16. The number of morpholine rings is 1. The predicted octanol–water partition coefficient (Wildman–Crippen LogP) is 1.55. The number of nitrogens with zero attached hydrogens (tertiary/aromatic N) is 1. The minimum Gasteiger partial charge on any atom is -0.393 e. The van der Waals surface area contributed by atoms with Crippen molar-refractivity contribution >= 4 is 17.2 Å². The largest absolute Gasteiger partial charge is 0.393 e. The Kier molecular flexibility index (Phi) is 5.50. The second-order valence-corrected chi connectivity index (χ2v) is 4.94. The molecule has 88 valence electrons. The Hall–Kier alpha value is -0.190. The van der Waals surface area contributed by atoms with Gasteiger partial charge in [-0.3, -0.25) is 4.90 Å². The van der Waals surface area contributed by atoms with Gasteiger partial charge in [0.2, 0.25) is 0 Å². The van der Waals surface area contributed by atoms with Crippen LogP contribution in [0.25, 0.3) is 0 Å². The van der Waals surface area contributed by atoms with Gasteiger partial charge >= 0.3 is 0 Å². The van der Waals surface area contributed by atoms with Crippen LogP contribution in [-0.2, 0) is 4.74 Å². The summed E-state index contributed by atoms with van der Waals surface area (Å²) in [6, 6.07) is 0.547. The van der Waals surface area contributed by atoms with Gasteiger partial charge in [-0.05, 0) is 39.7 Å². The first-order valence-corrected chi connectivity index (χ1v) is 6.14. The molecule has 0 spiro atoms. The van der Waals surface area contributed by atoms with E-state index in [0.29, 0.717) is 17.1 Å². The molecule has 0 bridgehead atoms. The number of ether oxygens (including phenoxy) is 1. The van der Waals surface area contributed by atoms with Crippen LogP contribution in [0.15, 0.2) is 0 Å². The number of unbranched alkanes of at least 4 members (excludes halogenated alkanes) is 1. The predicted molar refractivity (Wildman–Crippen MR) is 67.1 cm³/mol. The van der Waals surface area contributed by atoms with E-state index in [4.69, 9.17) is 22.7 Å². The van der Waals surface area contributed by atoms with E-state index >= 15 is 0 Å². The third-order valence-electron chi connectivity index (χ3n) is 2.86. The Morgan fingerprint density at radius 1 is 1.47 bits per heavy atom. The molecule has 1 aliphatic rings. The lowest BCUT2D eigenvalue weighted by atomic mass is 10.1. The molecule has 0 aromatic heterocycles. The molecule has 0 radical (unpaired) electrons. The van der Waals surface area contributed by atoms with E-state index in [-0.39, 0.29) is 0 Å². The second-order valence-electron chi connectivity index (χ2n) is 4.41. The van der Waals surface area contributed by atoms with Crippen molar-refractivity contribution in [3.63, 3.8) is 0 Å². The van der Waals surface area contributed by atoms with Gasteiger partial charge in [0.1, 0.15) is 0 Å². The van der Waals surface area contributed by atoms with E-state index in [0.717, 1.165) is 32.5 Å². The minimum absolute atomic E-state index is 0.372. The standard InChI is InChI=1S/C11H22N2OS/c1-9-8-14-10(2)7-13(9)6-4-3-5-11(12)15/h9-10H,3-8H2,1-2H3,(H2,12,15). The second kappa shape index (κ2) is 6.40. The van der Waals surface area contributed by atoms with Crippen molar-refractivity contribution in [3.05, 3.63) is 0 Å². The summed E-state index contributed by atoms with van der Waals surface area (Å²) in [5.41, 5.74) is 5.46. The summed E-state index contributed by atoms with van der Waals surface area (Å²) >= 11 is 4.85. The lowest BCUT2D eigenvalue weighted by molar-refractivity contribution is -0.0495. The number of hydrogen-bond donors (Lipinski definition) is 1. The molecule has 15 heavy (non-hydrogen) atoms. The molecule has 1 aliphatic heterocycles. The van der Waals surface area contributed by atoms with Gasteiger partial charge in [-0.1, -0.05) is 12.2 Å². The fourth-order valence-corrected chi connectivity index (χ4v) is 2.04. The van der Waals surface area contributed by atoms with Crippen LogP contribution in [0.3, 0.4) is 0 Å². The van der Waals surface area contributed by atoms with Gasteiger partial charge in [-0.25, -0.2) is 0 Å². The van der Waals surface area contributed by atoms with Crippen LogP contribution >= 0.6 is 12.2 Å². The van der Waals surface area contributed by atoms with E-state index in [1.807, 2.05) is 0 Å². The molecule has 1 fully saturated rings. The van der Waals surface area contributed by atoms with Gasteiger partial charge in [-0.15, -0.1) is 0 Å². The van der Waals surface area contributed by atoms with Crippen LogP contribution < -0.4 is 5.73 Å². The summed E-state index contributed by atoms with van der Waals surface area (Å²) in [5, 5.41) is 0. The number of thiocarbonyl (C=S) groups is 1. The lowest BCUT2D eigenvalue weighted by Gasteiger charge is -2.36. The number of nitrogens with two attached hydrogens (primary N) is 1. The smallest absolute Gasteiger partial charge is 0.0727 e. The zero-order valence-electron chi connectivity index (χ0n) is 9.74. The third kappa shape index (κ3) is 4.91. The maximum Gasteiger partial charge on any atom is 0.0727 e. The molecule has 2 atom stereocenters. The van der Waals surface area contributed by atoms with Crippen molar-refractivity contribution in [2.24, 2.45) is 5.73 Å². The molecule has 2 N–H and O–H groups in total. The van der Waals surface area contributed by atoms with E-state index in [2.05, 4.69) is 18.7 Å². The first-order chi connectivity index (χ1) is 7.09. The molecule has 0 saturated carbocycles. The molecule has 0 amide bonds. The highest BCUT2D eigenvalue weighted by Crippen LogP contribution is 2.12. The van der Waals surface area contributed by atoms with E-state index in [9.17, 15) is 0 Å². The molecule has 0 aromatic rings. The summed E-state index contributed by atoms with van der Waals surface area (Å²) in [6.45, 7) is 7.40. The zero-order chi connectivity index (χ0) is 11.3. The van der Waals surface area contributed by atoms with Crippen LogP contribution in [0.2, 0.25) is 0 Å². The highest BCUT2D eigenvalue weighted by Gasteiger charge is 2.22. The number of rotatable bonds is 5. The molecule has 1 saturated heterocycles. The number of hydrogen-bond acceptors (Lipinski definition) is 3. The minimum atomic E-state index is 0.372. The molecule has 0 aromatic carbocycles. The lowest BCUT2D eigenvalue weighted by Crippen LogP contribution is -2.47. The molecule has 3 nitrogen and oxygen atoms in total.